The normalized spacial score (nSPS) is 14.3. The lowest BCUT2D eigenvalue weighted by Crippen LogP contribution is -2.33. The van der Waals surface area contributed by atoms with E-state index < -0.39 is 0 Å². The van der Waals surface area contributed by atoms with Crippen LogP contribution in [0.2, 0.25) is 0 Å². The predicted molar refractivity (Wildman–Crippen MR) is 141 cm³/mol. The number of hydrogen-bond acceptors (Lipinski definition) is 6. The third-order valence-corrected chi connectivity index (χ3v) is 7.80. The van der Waals surface area contributed by atoms with Crippen LogP contribution in [0, 0.1) is 6.92 Å². The van der Waals surface area contributed by atoms with Gasteiger partial charge in [0.05, 0.1) is 0 Å². The number of phenols is 2. The Bertz CT molecular complexity index is 1350. The molecule has 2 heterocycles. The fraction of sp³-hybridized carbons (Fsp3) is 0.276. The number of ketones is 1. The number of nitrogens with zero attached hydrogens (tertiary/aromatic N) is 1. The molecule has 6 heteroatoms. The minimum Gasteiger partial charge on any atom is -0.508 e. The zero-order valence-electron chi connectivity index (χ0n) is 19.8. The fourth-order valence-electron chi connectivity index (χ4n) is 4.63. The average Bonchev–Trinajstić information content (AvgIpc) is 3.25. The van der Waals surface area contributed by atoms with Gasteiger partial charge in [0.2, 0.25) is 0 Å². The van der Waals surface area contributed by atoms with Crippen LogP contribution in [-0.4, -0.2) is 47.1 Å². The number of rotatable bonds is 7. The van der Waals surface area contributed by atoms with Crippen LogP contribution in [0.4, 0.5) is 0 Å². The van der Waals surface area contributed by atoms with Crippen LogP contribution in [-0.2, 0) is 0 Å². The van der Waals surface area contributed by atoms with Crippen molar-refractivity contribution in [1.29, 1.82) is 0 Å². The first-order valence-electron chi connectivity index (χ1n) is 12.0. The van der Waals surface area contributed by atoms with Gasteiger partial charge in [-0.1, -0.05) is 6.42 Å². The Labute approximate surface area is 209 Å². The minimum absolute atomic E-state index is 0.0810. The first-order valence-corrected chi connectivity index (χ1v) is 12.9. The van der Waals surface area contributed by atoms with Crippen LogP contribution in [0.1, 0.15) is 40.7 Å². The van der Waals surface area contributed by atoms with Crippen molar-refractivity contribution in [2.24, 2.45) is 0 Å². The van der Waals surface area contributed by atoms with E-state index in [1.54, 1.807) is 24.3 Å². The van der Waals surface area contributed by atoms with E-state index >= 15 is 0 Å². The number of phenolic OH excluding ortho intramolecular Hbond substituents is 2. The Morgan fingerprint density at radius 3 is 2.49 bits per heavy atom. The van der Waals surface area contributed by atoms with Crippen molar-refractivity contribution in [3.05, 3.63) is 77.4 Å². The van der Waals surface area contributed by atoms with E-state index in [-0.39, 0.29) is 17.3 Å². The second-order valence-corrected chi connectivity index (χ2v) is 10.1. The van der Waals surface area contributed by atoms with Crippen molar-refractivity contribution >= 4 is 27.2 Å². The van der Waals surface area contributed by atoms with Gasteiger partial charge in [-0.25, -0.2) is 0 Å². The summed E-state index contributed by atoms with van der Waals surface area (Å²) in [7, 11) is 0. The molecule has 0 atom stereocenters. The Morgan fingerprint density at radius 1 is 0.971 bits per heavy atom. The van der Waals surface area contributed by atoms with E-state index in [4.69, 9.17) is 4.74 Å². The molecule has 0 saturated carbocycles. The van der Waals surface area contributed by atoms with E-state index in [2.05, 4.69) is 4.90 Å². The summed E-state index contributed by atoms with van der Waals surface area (Å²) in [5.41, 5.74) is 2.79. The molecule has 3 aromatic carbocycles. The third-order valence-electron chi connectivity index (χ3n) is 6.60. The lowest BCUT2D eigenvalue weighted by molar-refractivity contribution is 0.104. The molecule has 4 aromatic rings. The molecule has 0 spiro atoms. The molecule has 1 fully saturated rings. The number of ether oxygens (including phenoxy) is 1. The lowest BCUT2D eigenvalue weighted by Gasteiger charge is -2.26. The SMILES string of the molecule is Cc1cc(-c2sc3cc(O)ccc3c2C(=O)c2ccc(OCCN3CCCCC3)cc2)ccc1O. The van der Waals surface area contributed by atoms with Crippen LogP contribution >= 0.6 is 11.3 Å². The second kappa shape index (κ2) is 10.1. The number of thiophene rings is 1. The molecule has 0 unspecified atom stereocenters. The Morgan fingerprint density at radius 2 is 1.74 bits per heavy atom. The van der Waals surface area contributed by atoms with Gasteiger partial charge in [0.15, 0.2) is 5.78 Å². The fourth-order valence-corrected chi connectivity index (χ4v) is 5.86. The molecule has 1 aliphatic heterocycles. The highest BCUT2D eigenvalue weighted by atomic mass is 32.1. The third kappa shape index (κ3) is 5.04. The summed E-state index contributed by atoms with van der Waals surface area (Å²) in [4.78, 5) is 17.0. The van der Waals surface area contributed by atoms with Gasteiger partial charge in [-0.2, -0.15) is 0 Å². The summed E-state index contributed by atoms with van der Waals surface area (Å²) in [6.07, 6.45) is 3.85. The number of benzene rings is 3. The van der Waals surface area contributed by atoms with Crippen LogP contribution in [0.5, 0.6) is 17.2 Å². The Kier molecular flexibility index (Phi) is 6.75. The lowest BCUT2D eigenvalue weighted by atomic mass is 9.97. The molecule has 5 rings (SSSR count). The van der Waals surface area contributed by atoms with E-state index in [9.17, 15) is 15.0 Å². The molecule has 5 nitrogen and oxygen atoms in total. The van der Waals surface area contributed by atoms with Gasteiger partial charge in [-0.15, -0.1) is 11.3 Å². The van der Waals surface area contributed by atoms with Crippen molar-refractivity contribution in [3.63, 3.8) is 0 Å². The molecule has 180 valence electrons. The maximum atomic E-state index is 13.7. The van der Waals surface area contributed by atoms with Crippen LogP contribution in [0.15, 0.2) is 60.7 Å². The number of hydrogen-bond donors (Lipinski definition) is 2. The van der Waals surface area contributed by atoms with Crippen molar-refractivity contribution in [2.75, 3.05) is 26.2 Å². The smallest absolute Gasteiger partial charge is 0.195 e. The van der Waals surface area contributed by atoms with E-state index in [0.29, 0.717) is 17.7 Å². The van der Waals surface area contributed by atoms with Crippen molar-refractivity contribution in [2.45, 2.75) is 26.2 Å². The molecular formula is C29H29NO4S. The van der Waals surface area contributed by atoms with Crippen molar-refractivity contribution in [3.8, 4) is 27.7 Å². The molecular weight excluding hydrogens is 458 g/mol. The maximum Gasteiger partial charge on any atom is 0.195 e. The monoisotopic (exact) mass is 487 g/mol. The van der Waals surface area contributed by atoms with Gasteiger partial charge in [-0.3, -0.25) is 9.69 Å². The van der Waals surface area contributed by atoms with Gasteiger partial charge in [-0.05, 0) is 105 Å². The number of piperidine rings is 1. The highest BCUT2D eigenvalue weighted by Crippen LogP contribution is 2.42. The summed E-state index contributed by atoms with van der Waals surface area (Å²) in [5.74, 6) is 1.06. The van der Waals surface area contributed by atoms with E-state index in [1.807, 2.05) is 43.3 Å². The van der Waals surface area contributed by atoms with Gasteiger partial charge in [0.25, 0.3) is 0 Å². The van der Waals surface area contributed by atoms with Crippen molar-refractivity contribution < 1.29 is 19.7 Å². The molecule has 1 aromatic heterocycles. The van der Waals surface area contributed by atoms with E-state index in [1.165, 1.54) is 30.6 Å². The number of carbonyl (C=O) groups excluding carboxylic acids is 1. The van der Waals surface area contributed by atoms with Crippen LogP contribution in [0.25, 0.3) is 20.5 Å². The topological polar surface area (TPSA) is 70.0 Å². The van der Waals surface area contributed by atoms with Crippen molar-refractivity contribution in [1.82, 2.24) is 4.90 Å². The highest BCUT2D eigenvalue weighted by molar-refractivity contribution is 7.22. The molecule has 0 amide bonds. The average molecular weight is 488 g/mol. The number of aryl methyl sites for hydroxylation is 1. The first kappa shape index (κ1) is 23.4. The maximum absolute atomic E-state index is 13.7. The summed E-state index contributed by atoms with van der Waals surface area (Å²) in [6.45, 7) is 5.68. The number of fused-ring (bicyclic) bond motifs is 1. The molecule has 0 bridgehead atoms. The van der Waals surface area contributed by atoms with E-state index in [0.717, 1.165) is 51.5 Å². The molecule has 35 heavy (non-hydrogen) atoms. The highest BCUT2D eigenvalue weighted by Gasteiger charge is 2.22. The molecule has 1 aliphatic rings. The zero-order valence-corrected chi connectivity index (χ0v) is 20.6. The number of carbonyl (C=O) groups is 1. The quantitative estimate of drug-likeness (QED) is 0.296. The minimum atomic E-state index is -0.0810. The molecule has 2 N–H and O–H groups in total. The summed E-state index contributed by atoms with van der Waals surface area (Å²) in [5, 5.41) is 20.8. The molecule has 1 saturated heterocycles. The van der Waals surface area contributed by atoms with Gasteiger partial charge < -0.3 is 14.9 Å². The van der Waals surface area contributed by atoms with Crippen LogP contribution < -0.4 is 4.74 Å². The van der Waals surface area contributed by atoms with Gasteiger partial charge in [0, 0.05) is 32.6 Å². The first-order chi connectivity index (χ1) is 17.0. The zero-order chi connectivity index (χ0) is 24.4. The Hall–Kier alpha value is -3.35. The Balaban J connectivity index is 1.41. The summed E-state index contributed by atoms with van der Waals surface area (Å²) >= 11 is 1.46. The predicted octanol–water partition coefficient (Wildman–Crippen LogP) is 6.38. The number of aromatic hydroxyl groups is 2. The second-order valence-electron chi connectivity index (χ2n) is 9.09. The summed E-state index contributed by atoms with van der Waals surface area (Å²) in [6, 6.07) is 17.8. The van der Waals surface area contributed by atoms with Crippen LogP contribution in [0.3, 0.4) is 0 Å². The standard InChI is InChI=1S/C29H29NO4S/c1-19-17-21(7-12-25(19)32)29-27(24-11-8-22(31)18-26(24)35-29)28(33)20-5-9-23(10-6-20)34-16-15-30-13-3-2-4-14-30/h5-12,17-18,31-32H,2-4,13-16H2,1H3. The van der Waals surface area contributed by atoms with Gasteiger partial charge >= 0.3 is 0 Å². The summed E-state index contributed by atoms with van der Waals surface area (Å²) < 4.78 is 6.77. The largest absolute Gasteiger partial charge is 0.508 e. The molecule has 0 aliphatic carbocycles. The van der Waals surface area contributed by atoms with Gasteiger partial charge in [0.1, 0.15) is 23.9 Å². The molecule has 0 radical (unpaired) electrons. The number of likely N-dealkylation sites (tertiary alicyclic amines) is 1.